The molecule has 0 aromatic heterocycles. The van der Waals surface area contributed by atoms with Crippen molar-refractivity contribution in [1.29, 1.82) is 0 Å². The van der Waals surface area contributed by atoms with Gasteiger partial charge in [0.25, 0.3) is 0 Å². The Hall–Kier alpha value is -2.70. The Morgan fingerprint density at radius 1 is 1.15 bits per heavy atom. The van der Waals surface area contributed by atoms with Gasteiger partial charge >= 0.3 is 0 Å². The van der Waals surface area contributed by atoms with E-state index in [1.54, 1.807) is 7.05 Å². The maximum atomic E-state index is 12.7. The van der Waals surface area contributed by atoms with Gasteiger partial charge in [0, 0.05) is 38.4 Å². The molecular formula is C19H21N3O4. The van der Waals surface area contributed by atoms with Crippen LogP contribution >= 0.6 is 0 Å². The van der Waals surface area contributed by atoms with Gasteiger partial charge in [-0.15, -0.1) is 0 Å². The second-order valence-electron chi connectivity index (χ2n) is 6.65. The Labute approximate surface area is 151 Å². The third-order valence-electron chi connectivity index (χ3n) is 4.83. The minimum absolute atomic E-state index is 0.0678. The van der Waals surface area contributed by atoms with Crippen LogP contribution < -0.4 is 9.47 Å². The van der Waals surface area contributed by atoms with Crippen LogP contribution in [0.1, 0.15) is 36.8 Å². The number of hydrogen-bond acceptors (Lipinski definition) is 6. The Bertz CT molecular complexity index is 828. The smallest absolute Gasteiger partial charge is 0.242 e. The van der Waals surface area contributed by atoms with E-state index in [0.717, 1.165) is 35.4 Å². The molecule has 0 saturated carbocycles. The maximum absolute atomic E-state index is 12.7. The molecule has 136 valence electrons. The molecule has 3 aliphatic rings. The fraction of sp³-hybridized carbons (Fsp3) is 0.474. The third kappa shape index (κ3) is 3.21. The van der Waals surface area contributed by atoms with Crippen LogP contribution in [0, 0.1) is 0 Å². The van der Waals surface area contributed by atoms with Crippen molar-refractivity contribution in [2.75, 3.05) is 26.8 Å². The van der Waals surface area contributed by atoms with Crippen LogP contribution in [0.15, 0.2) is 22.2 Å². The number of benzene rings is 1. The van der Waals surface area contributed by atoms with Gasteiger partial charge in [0.05, 0.1) is 25.3 Å². The van der Waals surface area contributed by atoms with Crippen molar-refractivity contribution in [3.05, 3.63) is 23.3 Å². The van der Waals surface area contributed by atoms with Crippen LogP contribution in [0.25, 0.3) is 0 Å². The van der Waals surface area contributed by atoms with E-state index in [-0.39, 0.29) is 18.1 Å². The van der Waals surface area contributed by atoms with Crippen LogP contribution in [0.5, 0.6) is 11.5 Å². The van der Waals surface area contributed by atoms with Crippen molar-refractivity contribution in [2.24, 2.45) is 10.1 Å². The first-order valence-electron chi connectivity index (χ1n) is 8.95. The first-order chi connectivity index (χ1) is 12.6. The summed E-state index contributed by atoms with van der Waals surface area (Å²) in [5.41, 5.74) is 3.28. The van der Waals surface area contributed by atoms with Crippen LogP contribution in [0.2, 0.25) is 0 Å². The molecular weight excluding hydrogens is 334 g/mol. The number of nitrogens with zero attached hydrogens (tertiary/aromatic N) is 3. The second-order valence-corrected chi connectivity index (χ2v) is 6.65. The number of amides is 1. The molecule has 3 heterocycles. The number of hydrogen-bond donors (Lipinski definition) is 0. The zero-order chi connectivity index (χ0) is 18.1. The average Bonchev–Trinajstić information content (AvgIpc) is 2.87. The van der Waals surface area contributed by atoms with Crippen LogP contribution in [-0.4, -0.2) is 54.9 Å². The number of aliphatic imine (C=N–C) groups is 1. The van der Waals surface area contributed by atoms with Crippen LogP contribution in [0.4, 0.5) is 0 Å². The summed E-state index contributed by atoms with van der Waals surface area (Å²) < 4.78 is 11.5. The van der Waals surface area contributed by atoms with Gasteiger partial charge in [-0.1, -0.05) is 0 Å². The van der Waals surface area contributed by atoms with E-state index < -0.39 is 0 Å². The van der Waals surface area contributed by atoms with Gasteiger partial charge in [0.2, 0.25) is 5.91 Å². The van der Waals surface area contributed by atoms with E-state index in [4.69, 9.17) is 9.47 Å². The number of hydrazone groups is 1. The molecule has 0 radical (unpaired) electrons. The first kappa shape index (κ1) is 16.8. The third-order valence-corrected chi connectivity index (χ3v) is 4.83. The van der Waals surface area contributed by atoms with E-state index in [0.29, 0.717) is 44.1 Å². The molecule has 0 saturated heterocycles. The predicted octanol–water partition coefficient (Wildman–Crippen LogP) is 1.76. The lowest BCUT2D eigenvalue weighted by Gasteiger charge is -2.21. The Morgan fingerprint density at radius 3 is 2.69 bits per heavy atom. The summed E-state index contributed by atoms with van der Waals surface area (Å²) >= 11 is 0. The first-order valence-corrected chi connectivity index (χ1v) is 8.95. The average molecular weight is 355 g/mol. The molecule has 0 aliphatic carbocycles. The molecule has 7 nitrogen and oxygen atoms in total. The monoisotopic (exact) mass is 355 g/mol. The van der Waals surface area contributed by atoms with E-state index in [9.17, 15) is 9.59 Å². The molecule has 0 bridgehead atoms. The standard InChI is InChI=1S/C19H21N3O4/c1-22-19(24)4-3-14(21-22)16(23)11-15-13-10-18-17(25-7-2-8-26-18)9-12(13)5-6-20-15/h9-10H,2-8,11H2,1H3. The Balaban J connectivity index is 1.58. The quantitative estimate of drug-likeness (QED) is 0.827. The normalized spacial score (nSPS) is 19.3. The largest absolute Gasteiger partial charge is 0.490 e. The number of fused-ring (bicyclic) bond motifs is 2. The number of carbonyl (C=O) groups is 2. The van der Waals surface area contributed by atoms with E-state index in [2.05, 4.69) is 10.1 Å². The summed E-state index contributed by atoms with van der Waals surface area (Å²) in [5.74, 6) is 1.33. The summed E-state index contributed by atoms with van der Waals surface area (Å²) in [5, 5.41) is 5.37. The summed E-state index contributed by atoms with van der Waals surface area (Å²) in [6.45, 7) is 1.92. The van der Waals surface area contributed by atoms with Gasteiger partial charge in [-0.3, -0.25) is 14.6 Å². The molecule has 1 amide bonds. The van der Waals surface area contributed by atoms with Crippen molar-refractivity contribution in [1.82, 2.24) is 5.01 Å². The summed E-state index contributed by atoms with van der Waals surface area (Å²) in [4.78, 5) is 28.8. The number of ketones is 1. The van der Waals surface area contributed by atoms with Crippen molar-refractivity contribution < 1.29 is 19.1 Å². The molecule has 0 atom stereocenters. The molecule has 7 heteroatoms. The van der Waals surface area contributed by atoms with Gasteiger partial charge in [0.15, 0.2) is 17.3 Å². The van der Waals surface area contributed by atoms with Gasteiger partial charge in [-0.05, 0) is 24.1 Å². The Morgan fingerprint density at radius 2 is 1.92 bits per heavy atom. The highest BCUT2D eigenvalue weighted by molar-refractivity contribution is 6.44. The van der Waals surface area contributed by atoms with E-state index in [1.165, 1.54) is 5.01 Å². The SMILES string of the molecule is CN1N=C(C(=O)CC2=NCCc3cc4c(cc32)OCCCO4)CCC1=O. The Kier molecular flexibility index (Phi) is 4.44. The lowest BCUT2D eigenvalue weighted by Crippen LogP contribution is -2.32. The summed E-state index contributed by atoms with van der Waals surface area (Å²) in [6, 6.07) is 3.96. The number of ether oxygens (including phenoxy) is 2. The molecule has 0 unspecified atom stereocenters. The number of rotatable bonds is 3. The minimum Gasteiger partial charge on any atom is -0.490 e. The molecule has 0 fully saturated rings. The van der Waals surface area contributed by atoms with Crippen molar-refractivity contribution in [3.63, 3.8) is 0 Å². The van der Waals surface area contributed by atoms with Gasteiger partial charge in [-0.25, -0.2) is 5.01 Å². The molecule has 0 spiro atoms. The summed E-state index contributed by atoms with van der Waals surface area (Å²) in [6.07, 6.45) is 2.58. The molecule has 3 aliphatic heterocycles. The molecule has 1 aromatic rings. The summed E-state index contributed by atoms with van der Waals surface area (Å²) in [7, 11) is 1.58. The van der Waals surface area contributed by atoms with Crippen molar-refractivity contribution in [3.8, 4) is 11.5 Å². The zero-order valence-corrected chi connectivity index (χ0v) is 14.8. The second kappa shape index (κ2) is 6.90. The topological polar surface area (TPSA) is 80.6 Å². The molecule has 0 N–H and O–H groups in total. The van der Waals surface area contributed by atoms with E-state index in [1.807, 2.05) is 12.1 Å². The van der Waals surface area contributed by atoms with Crippen LogP contribution in [0.3, 0.4) is 0 Å². The van der Waals surface area contributed by atoms with Crippen LogP contribution in [-0.2, 0) is 16.0 Å². The zero-order valence-electron chi connectivity index (χ0n) is 14.8. The van der Waals surface area contributed by atoms with Gasteiger partial charge in [-0.2, -0.15) is 5.10 Å². The van der Waals surface area contributed by atoms with Crippen molar-refractivity contribution in [2.45, 2.75) is 32.1 Å². The molecule has 26 heavy (non-hydrogen) atoms. The lowest BCUT2D eigenvalue weighted by atomic mass is 9.92. The lowest BCUT2D eigenvalue weighted by molar-refractivity contribution is -0.130. The van der Waals surface area contributed by atoms with Crippen molar-refractivity contribution >= 4 is 23.1 Å². The highest BCUT2D eigenvalue weighted by atomic mass is 16.5. The predicted molar refractivity (Wildman–Crippen MR) is 96.2 cm³/mol. The fourth-order valence-corrected chi connectivity index (χ4v) is 3.40. The van der Waals surface area contributed by atoms with E-state index >= 15 is 0 Å². The van der Waals surface area contributed by atoms with Gasteiger partial charge in [0.1, 0.15) is 5.71 Å². The molecule has 4 rings (SSSR count). The number of Topliss-reactive ketones (excluding diaryl/α,β-unsaturated/α-hetero) is 1. The number of carbonyl (C=O) groups excluding carboxylic acids is 2. The minimum atomic E-state index is -0.0805. The maximum Gasteiger partial charge on any atom is 0.242 e. The van der Waals surface area contributed by atoms with Gasteiger partial charge < -0.3 is 9.47 Å². The fourth-order valence-electron chi connectivity index (χ4n) is 3.40. The highest BCUT2D eigenvalue weighted by Crippen LogP contribution is 2.35. The highest BCUT2D eigenvalue weighted by Gasteiger charge is 2.26. The molecule has 1 aromatic carbocycles.